The SMILES string of the molecule is CC(C)c1cc(C(=O)N[C@@H]2CCOC[C@H]2OCC2CC2)nc(N)n1. The Morgan fingerprint density at radius 3 is 2.92 bits per heavy atom. The standard InChI is InChI=1S/C17H26N4O3/c1-10(2)13-7-14(21-17(18)20-13)16(22)19-12-5-6-23-9-15(12)24-8-11-3-4-11/h7,10-12,15H,3-6,8-9H2,1-2H3,(H,19,22)(H2,18,20,21)/t12-,15-/m1/s1. The van der Waals surface area contributed by atoms with E-state index < -0.39 is 0 Å². The predicted octanol–water partition coefficient (Wildman–Crippen LogP) is 1.50. The number of nitrogen functional groups attached to an aromatic ring is 1. The second-order valence-electron chi connectivity index (χ2n) is 6.95. The van der Waals surface area contributed by atoms with Crippen molar-refractivity contribution in [3.05, 3.63) is 17.5 Å². The van der Waals surface area contributed by atoms with Crippen LogP contribution in [0.4, 0.5) is 5.95 Å². The van der Waals surface area contributed by atoms with E-state index >= 15 is 0 Å². The lowest BCUT2D eigenvalue weighted by molar-refractivity contribution is -0.0697. The van der Waals surface area contributed by atoms with Gasteiger partial charge in [0.25, 0.3) is 5.91 Å². The van der Waals surface area contributed by atoms with E-state index in [4.69, 9.17) is 15.2 Å². The van der Waals surface area contributed by atoms with Gasteiger partial charge >= 0.3 is 0 Å². The van der Waals surface area contributed by atoms with E-state index in [9.17, 15) is 4.79 Å². The van der Waals surface area contributed by atoms with Crippen LogP contribution in [-0.4, -0.2) is 47.8 Å². The Balaban J connectivity index is 1.65. The summed E-state index contributed by atoms with van der Waals surface area (Å²) in [6.07, 6.45) is 3.11. The van der Waals surface area contributed by atoms with Crippen molar-refractivity contribution in [2.45, 2.75) is 51.2 Å². The number of anilines is 1. The zero-order valence-electron chi connectivity index (χ0n) is 14.3. The van der Waals surface area contributed by atoms with Crippen molar-refractivity contribution in [3.8, 4) is 0 Å². The average molecular weight is 334 g/mol. The molecule has 1 aliphatic heterocycles. The maximum atomic E-state index is 12.6. The largest absolute Gasteiger partial charge is 0.379 e. The molecule has 3 N–H and O–H groups in total. The van der Waals surface area contributed by atoms with Crippen LogP contribution >= 0.6 is 0 Å². The fourth-order valence-corrected chi connectivity index (χ4v) is 2.73. The number of amides is 1. The summed E-state index contributed by atoms with van der Waals surface area (Å²) in [5.41, 5.74) is 6.81. The topological polar surface area (TPSA) is 99.4 Å². The summed E-state index contributed by atoms with van der Waals surface area (Å²) >= 11 is 0. The molecule has 0 spiro atoms. The normalized spacial score (nSPS) is 24.1. The summed E-state index contributed by atoms with van der Waals surface area (Å²) in [7, 11) is 0. The molecule has 0 radical (unpaired) electrons. The quantitative estimate of drug-likeness (QED) is 0.818. The number of ether oxygens (including phenoxy) is 2. The number of aromatic nitrogens is 2. The van der Waals surface area contributed by atoms with Crippen molar-refractivity contribution in [3.63, 3.8) is 0 Å². The summed E-state index contributed by atoms with van der Waals surface area (Å²) in [4.78, 5) is 20.8. The monoisotopic (exact) mass is 334 g/mol. The van der Waals surface area contributed by atoms with Crippen LogP contribution in [0.5, 0.6) is 0 Å². The van der Waals surface area contributed by atoms with Crippen LogP contribution in [0.25, 0.3) is 0 Å². The van der Waals surface area contributed by atoms with Crippen molar-refractivity contribution >= 4 is 11.9 Å². The molecule has 1 saturated carbocycles. The minimum absolute atomic E-state index is 0.0660. The zero-order chi connectivity index (χ0) is 17.1. The number of nitrogens with two attached hydrogens (primary N) is 1. The lowest BCUT2D eigenvalue weighted by atomic mass is 10.1. The first kappa shape index (κ1) is 17.1. The van der Waals surface area contributed by atoms with Gasteiger partial charge in [-0.3, -0.25) is 4.79 Å². The smallest absolute Gasteiger partial charge is 0.270 e. The highest BCUT2D eigenvalue weighted by Gasteiger charge is 2.31. The molecule has 1 aliphatic carbocycles. The summed E-state index contributed by atoms with van der Waals surface area (Å²) < 4.78 is 11.4. The van der Waals surface area contributed by atoms with E-state index in [1.54, 1.807) is 6.07 Å². The molecule has 1 amide bonds. The van der Waals surface area contributed by atoms with Gasteiger partial charge < -0.3 is 20.5 Å². The first-order valence-corrected chi connectivity index (χ1v) is 8.67. The number of nitrogens with zero attached hydrogens (tertiary/aromatic N) is 2. The molecular formula is C17H26N4O3. The highest BCUT2D eigenvalue weighted by atomic mass is 16.5. The van der Waals surface area contributed by atoms with Gasteiger partial charge in [0, 0.05) is 18.9 Å². The van der Waals surface area contributed by atoms with Crippen LogP contribution in [0.2, 0.25) is 0 Å². The Morgan fingerprint density at radius 2 is 2.21 bits per heavy atom. The number of carbonyl (C=O) groups excluding carboxylic acids is 1. The molecule has 2 heterocycles. The molecule has 1 aromatic rings. The minimum Gasteiger partial charge on any atom is -0.379 e. The van der Waals surface area contributed by atoms with Gasteiger partial charge in [-0.25, -0.2) is 9.97 Å². The molecule has 0 unspecified atom stereocenters. The summed E-state index contributed by atoms with van der Waals surface area (Å²) in [5, 5.41) is 3.03. The molecule has 7 heteroatoms. The van der Waals surface area contributed by atoms with Gasteiger partial charge in [-0.05, 0) is 37.2 Å². The van der Waals surface area contributed by atoms with Gasteiger partial charge in [-0.2, -0.15) is 0 Å². The third kappa shape index (κ3) is 4.42. The highest BCUT2D eigenvalue weighted by molar-refractivity contribution is 5.92. The number of carbonyl (C=O) groups is 1. The molecule has 3 rings (SSSR count). The van der Waals surface area contributed by atoms with Gasteiger partial charge in [0.1, 0.15) is 11.8 Å². The fraction of sp³-hybridized carbons (Fsp3) is 0.706. The number of rotatable bonds is 6. The molecule has 24 heavy (non-hydrogen) atoms. The molecule has 7 nitrogen and oxygen atoms in total. The van der Waals surface area contributed by atoms with Crippen molar-refractivity contribution in [1.82, 2.24) is 15.3 Å². The highest BCUT2D eigenvalue weighted by Crippen LogP contribution is 2.29. The van der Waals surface area contributed by atoms with Crippen LogP contribution < -0.4 is 11.1 Å². The van der Waals surface area contributed by atoms with Crippen LogP contribution in [0, 0.1) is 5.92 Å². The van der Waals surface area contributed by atoms with E-state index in [1.165, 1.54) is 12.8 Å². The molecule has 1 saturated heterocycles. The number of hydrogen-bond donors (Lipinski definition) is 2. The van der Waals surface area contributed by atoms with Gasteiger partial charge in [0.05, 0.1) is 12.6 Å². The average Bonchev–Trinajstić information content (AvgIpc) is 3.37. The predicted molar refractivity (Wildman–Crippen MR) is 89.7 cm³/mol. The van der Waals surface area contributed by atoms with Crippen LogP contribution in [0.15, 0.2) is 6.07 Å². The van der Waals surface area contributed by atoms with Crippen molar-refractivity contribution < 1.29 is 14.3 Å². The van der Waals surface area contributed by atoms with E-state index in [2.05, 4.69) is 15.3 Å². The summed E-state index contributed by atoms with van der Waals surface area (Å²) in [6.45, 7) is 5.89. The Morgan fingerprint density at radius 1 is 1.42 bits per heavy atom. The van der Waals surface area contributed by atoms with E-state index in [-0.39, 0.29) is 29.9 Å². The van der Waals surface area contributed by atoms with Crippen molar-refractivity contribution in [2.24, 2.45) is 5.92 Å². The van der Waals surface area contributed by atoms with Gasteiger partial charge in [-0.1, -0.05) is 13.8 Å². The Hall–Kier alpha value is -1.73. The van der Waals surface area contributed by atoms with Crippen LogP contribution in [0.1, 0.15) is 55.2 Å². The van der Waals surface area contributed by atoms with E-state index in [0.29, 0.717) is 24.8 Å². The van der Waals surface area contributed by atoms with E-state index in [0.717, 1.165) is 18.7 Å². The van der Waals surface area contributed by atoms with Gasteiger partial charge in [0.2, 0.25) is 5.95 Å². The third-order valence-corrected chi connectivity index (χ3v) is 4.45. The molecule has 132 valence electrons. The van der Waals surface area contributed by atoms with Crippen LogP contribution in [-0.2, 0) is 9.47 Å². The lowest BCUT2D eigenvalue weighted by Gasteiger charge is -2.32. The molecule has 0 bridgehead atoms. The maximum absolute atomic E-state index is 12.6. The van der Waals surface area contributed by atoms with Gasteiger partial charge in [-0.15, -0.1) is 0 Å². The number of hydrogen-bond acceptors (Lipinski definition) is 6. The van der Waals surface area contributed by atoms with Crippen molar-refractivity contribution in [1.29, 1.82) is 0 Å². The molecular weight excluding hydrogens is 308 g/mol. The van der Waals surface area contributed by atoms with Crippen LogP contribution in [0.3, 0.4) is 0 Å². The molecule has 2 aliphatic rings. The molecule has 0 aromatic carbocycles. The molecule has 2 atom stereocenters. The molecule has 1 aromatic heterocycles. The van der Waals surface area contributed by atoms with Gasteiger partial charge in [0.15, 0.2) is 0 Å². The second-order valence-corrected chi connectivity index (χ2v) is 6.95. The fourth-order valence-electron chi connectivity index (χ4n) is 2.73. The van der Waals surface area contributed by atoms with Crippen molar-refractivity contribution in [2.75, 3.05) is 25.6 Å². The summed E-state index contributed by atoms with van der Waals surface area (Å²) in [5.74, 6) is 0.746. The number of nitrogens with one attached hydrogen (secondary N) is 1. The molecule has 2 fully saturated rings. The summed E-state index contributed by atoms with van der Waals surface area (Å²) in [6, 6.07) is 1.64. The second kappa shape index (κ2) is 7.44. The Bertz CT molecular complexity index is 589. The Kier molecular flexibility index (Phi) is 5.30. The minimum atomic E-state index is -0.238. The Labute approximate surface area is 142 Å². The van der Waals surface area contributed by atoms with E-state index in [1.807, 2.05) is 13.8 Å². The zero-order valence-corrected chi connectivity index (χ0v) is 14.3. The first-order valence-electron chi connectivity index (χ1n) is 8.67. The third-order valence-electron chi connectivity index (χ3n) is 4.45. The first-order chi connectivity index (χ1) is 11.5. The maximum Gasteiger partial charge on any atom is 0.270 e. The lowest BCUT2D eigenvalue weighted by Crippen LogP contribution is -2.50.